The molecule has 124 valence electrons. The molecule has 1 amide bonds. The largest absolute Gasteiger partial charge is 0.493 e. The number of carbonyl (C=O) groups is 1. The number of hydrogen-bond acceptors (Lipinski definition) is 4. The van der Waals surface area contributed by atoms with Gasteiger partial charge in [-0.05, 0) is 30.8 Å². The van der Waals surface area contributed by atoms with E-state index < -0.39 is 5.38 Å². The first-order chi connectivity index (χ1) is 10.6. The molecular formula is C16H25ClN2O3. The predicted octanol–water partition coefficient (Wildman–Crippen LogP) is 2.44. The summed E-state index contributed by atoms with van der Waals surface area (Å²) in [6.45, 7) is 7.52. The topological polar surface area (TPSA) is 50.8 Å². The van der Waals surface area contributed by atoms with E-state index in [1.807, 2.05) is 0 Å². The molecule has 0 aromatic heterocycles. The second-order valence-corrected chi connectivity index (χ2v) is 5.23. The van der Waals surface area contributed by atoms with E-state index in [4.69, 9.17) is 21.1 Å². The van der Waals surface area contributed by atoms with E-state index in [0.717, 1.165) is 19.6 Å². The number of benzene rings is 1. The van der Waals surface area contributed by atoms with E-state index in [9.17, 15) is 4.79 Å². The molecule has 0 fully saturated rings. The number of carbonyl (C=O) groups excluding carboxylic acids is 1. The molecule has 0 heterocycles. The Labute approximate surface area is 137 Å². The number of amides is 1. The summed E-state index contributed by atoms with van der Waals surface area (Å²) in [6.07, 6.45) is 0. The highest BCUT2D eigenvalue weighted by Gasteiger charge is 2.19. The molecule has 1 aromatic rings. The monoisotopic (exact) mass is 328 g/mol. The predicted molar refractivity (Wildman–Crippen MR) is 88.9 cm³/mol. The maximum Gasteiger partial charge on any atom is 0.242 e. The summed E-state index contributed by atoms with van der Waals surface area (Å²) >= 11 is 6.24. The maximum atomic E-state index is 12.1. The first kappa shape index (κ1) is 18.6. The van der Waals surface area contributed by atoms with Crippen LogP contribution in [0.1, 0.15) is 24.8 Å². The molecule has 5 nitrogen and oxygen atoms in total. The molecule has 1 aromatic carbocycles. The van der Waals surface area contributed by atoms with Crippen molar-refractivity contribution >= 4 is 17.5 Å². The molecule has 1 rings (SSSR count). The Kier molecular flexibility index (Phi) is 8.06. The summed E-state index contributed by atoms with van der Waals surface area (Å²) in [7, 11) is 3.12. The lowest BCUT2D eigenvalue weighted by atomic mass is 10.1. The number of nitrogens with one attached hydrogen (secondary N) is 1. The van der Waals surface area contributed by atoms with Crippen LogP contribution in [0.2, 0.25) is 0 Å². The zero-order valence-electron chi connectivity index (χ0n) is 13.7. The third kappa shape index (κ3) is 5.07. The van der Waals surface area contributed by atoms with Crippen LogP contribution in [0, 0.1) is 0 Å². The van der Waals surface area contributed by atoms with Crippen LogP contribution in [0.3, 0.4) is 0 Å². The van der Waals surface area contributed by atoms with Gasteiger partial charge < -0.3 is 19.7 Å². The summed E-state index contributed by atoms with van der Waals surface area (Å²) in [6, 6.07) is 5.23. The minimum atomic E-state index is -0.753. The highest BCUT2D eigenvalue weighted by Crippen LogP contribution is 2.32. The van der Waals surface area contributed by atoms with Gasteiger partial charge in [0, 0.05) is 13.1 Å². The fourth-order valence-corrected chi connectivity index (χ4v) is 2.34. The van der Waals surface area contributed by atoms with Crippen molar-refractivity contribution in [1.82, 2.24) is 10.2 Å². The van der Waals surface area contributed by atoms with Crippen LogP contribution in [-0.4, -0.2) is 51.2 Å². The van der Waals surface area contributed by atoms with Gasteiger partial charge in [-0.2, -0.15) is 0 Å². The standard InChI is InChI=1S/C16H25ClN2O3/c1-5-19(6-2)10-9-18-16(20)15(17)12-7-8-13(21-3)14(11-12)22-4/h7-8,11,15H,5-6,9-10H2,1-4H3,(H,18,20). The molecule has 0 aliphatic carbocycles. The highest BCUT2D eigenvalue weighted by molar-refractivity contribution is 6.30. The molecule has 22 heavy (non-hydrogen) atoms. The fraction of sp³-hybridized carbons (Fsp3) is 0.562. The molecule has 0 saturated carbocycles. The van der Waals surface area contributed by atoms with Gasteiger partial charge in [-0.15, -0.1) is 11.6 Å². The molecule has 1 N–H and O–H groups in total. The summed E-state index contributed by atoms with van der Waals surface area (Å²) < 4.78 is 10.4. The van der Waals surface area contributed by atoms with Gasteiger partial charge in [0.2, 0.25) is 5.91 Å². The molecular weight excluding hydrogens is 304 g/mol. The maximum absolute atomic E-state index is 12.1. The number of alkyl halides is 1. The van der Waals surface area contributed by atoms with Crippen molar-refractivity contribution in [2.24, 2.45) is 0 Å². The molecule has 1 unspecified atom stereocenters. The van der Waals surface area contributed by atoms with Gasteiger partial charge in [0.25, 0.3) is 0 Å². The van der Waals surface area contributed by atoms with Gasteiger partial charge in [0.1, 0.15) is 5.38 Å². The lowest BCUT2D eigenvalue weighted by Crippen LogP contribution is -2.36. The van der Waals surface area contributed by atoms with Crippen molar-refractivity contribution in [1.29, 1.82) is 0 Å². The zero-order valence-corrected chi connectivity index (χ0v) is 14.4. The summed E-state index contributed by atoms with van der Waals surface area (Å²) in [5, 5.41) is 2.11. The smallest absolute Gasteiger partial charge is 0.242 e. The normalized spacial score (nSPS) is 12.1. The second kappa shape index (κ2) is 9.54. The molecule has 0 aliphatic heterocycles. The van der Waals surface area contributed by atoms with Crippen LogP contribution in [-0.2, 0) is 4.79 Å². The van der Waals surface area contributed by atoms with Crippen LogP contribution >= 0.6 is 11.6 Å². The van der Waals surface area contributed by atoms with E-state index in [1.54, 1.807) is 32.4 Å². The van der Waals surface area contributed by atoms with Gasteiger partial charge in [0.05, 0.1) is 14.2 Å². The summed E-state index contributed by atoms with van der Waals surface area (Å²) in [5.41, 5.74) is 0.680. The molecule has 0 aliphatic rings. The van der Waals surface area contributed by atoms with Crippen molar-refractivity contribution in [3.05, 3.63) is 23.8 Å². The Hall–Kier alpha value is -1.46. The number of methoxy groups -OCH3 is 2. The molecule has 0 radical (unpaired) electrons. The zero-order chi connectivity index (χ0) is 16.5. The van der Waals surface area contributed by atoms with Crippen LogP contribution in [0.15, 0.2) is 18.2 Å². The average molecular weight is 329 g/mol. The first-order valence-corrected chi connectivity index (χ1v) is 7.87. The number of ether oxygens (including phenoxy) is 2. The van der Waals surface area contributed by atoms with Crippen LogP contribution in [0.4, 0.5) is 0 Å². The van der Waals surface area contributed by atoms with Crippen molar-refractivity contribution < 1.29 is 14.3 Å². The molecule has 1 atom stereocenters. The van der Waals surface area contributed by atoms with Crippen molar-refractivity contribution in [2.45, 2.75) is 19.2 Å². The lowest BCUT2D eigenvalue weighted by molar-refractivity contribution is -0.120. The van der Waals surface area contributed by atoms with Crippen molar-refractivity contribution in [2.75, 3.05) is 40.4 Å². The minimum absolute atomic E-state index is 0.207. The first-order valence-electron chi connectivity index (χ1n) is 7.43. The molecule has 0 saturated heterocycles. The van der Waals surface area contributed by atoms with Gasteiger partial charge in [-0.1, -0.05) is 19.9 Å². The molecule has 0 bridgehead atoms. The van der Waals surface area contributed by atoms with E-state index in [-0.39, 0.29) is 5.91 Å². The van der Waals surface area contributed by atoms with Gasteiger partial charge in [-0.25, -0.2) is 0 Å². The van der Waals surface area contributed by atoms with Crippen LogP contribution in [0.5, 0.6) is 11.5 Å². The summed E-state index contributed by atoms with van der Waals surface area (Å²) in [5.74, 6) is 0.958. The Balaban J connectivity index is 2.63. The van der Waals surface area contributed by atoms with E-state index in [0.29, 0.717) is 23.6 Å². The van der Waals surface area contributed by atoms with E-state index in [2.05, 4.69) is 24.1 Å². The average Bonchev–Trinajstić information content (AvgIpc) is 2.57. The van der Waals surface area contributed by atoms with E-state index in [1.165, 1.54) is 0 Å². The van der Waals surface area contributed by atoms with Gasteiger partial charge in [-0.3, -0.25) is 4.79 Å². The Morgan fingerprint density at radius 3 is 2.41 bits per heavy atom. The third-order valence-corrected chi connectivity index (χ3v) is 4.00. The van der Waals surface area contributed by atoms with E-state index >= 15 is 0 Å². The van der Waals surface area contributed by atoms with Gasteiger partial charge >= 0.3 is 0 Å². The van der Waals surface area contributed by atoms with Crippen LogP contribution in [0.25, 0.3) is 0 Å². The number of nitrogens with zero attached hydrogens (tertiary/aromatic N) is 1. The Morgan fingerprint density at radius 2 is 1.86 bits per heavy atom. The summed E-state index contributed by atoms with van der Waals surface area (Å²) in [4.78, 5) is 14.4. The van der Waals surface area contributed by atoms with Gasteiger partial charge in [0.15, 0.2) is 11.5 Å². The third-order valence-electron chi connectivity index (χ3n) is 3.55. The second-order valence-electron chi connectivity index (χ2n) is 4.79. The van der Waals surface area contributed by atoms with Crippen molar-refractivity contribution in [3.63, 3.8) is 0 Å². The Morgan fingerprint density at radius 1 is 1.23 bits per heavy atom. The van der Waals surface area contributed by atoms with Crippen LogP contribution < -0.4 is 14.8 Å². The number of halogens is 1. The highest BCUT2D eigenvalue weighted by atomic mass is 35.5. The number of hydrogen-bond donors (Lipinski definition) is 1. The molecule has 6 heteroatoms. The SMILES string of the molecule is CCN(CC)CCNC(=O)C(Cl)c1ccc(OC)c(OC)c1. The number of likely N-dealkylation sites (N-methyl/N-ethyl adjacent to an activating group) is 1. The minimum Gasteiger partial charge on any atom is -0.493 e. The quantitative estimate of drug-likeness (QED) is 0.707. The van der Waals surface area contributed by atoms with Crippen molar-refractivity contribution in [3.8, 4) is 11.5 Å². The molecule has 0 spiro atoms. The Bertz CT molecular complexity index is 478. The number of rotatable bonds is 9. The lowest BCUT2D eigenvalue weighted by Gasteiger charge is -2.19. The fourth-order valence-electron chi connectivity index (χ4n) is 2.13.